The first-order chi connectivity index (χ1) is 17.9. The van der Waals surface area contributed by atoms with Crippen molar-refractivity contribution in [1.29, 1.82) is 0 Å². The summed E-state index contributed by atoms with van der Waals surface area (Å²) in [7, 11) is 0. The SMILES string of the molecule is [Zn].c1ccc(-c2ccccn2)nc1.c1ccc(-c2ccccn2)nc1.c1ccc(-c2ccccn2)nc1. The minimum absolute atomic E-state index is 0. The molecule has 0 bridgehead atoms. The average molecular weight is 534 g/mol. The quantitative estimate of drug-likeness (QED) is 0.244. The van der Waals surface area contributed by atoms with Crippen LogP contribution < -0.4 is 0 Å². The Morgan fingerprint density at radius 3 is 0.514 bits per heavy atom. The summed E-state index contributed by atoms with van der Waals surface area (Å²) in [6.45, 7) is 0. The van der Waals surface area contributed by atoms with Gasteiger partial charge in [-0.3, -0.25) is 29.9 Å². The van der Waals surface area contributed by atoms with Crippen LogP contribution in [0.25, 0.3) is 34.2 Å². The molecular weight excluding hydrogens is 510 g/mol. The van der Waals surface area contributed by atoms with Crippen LogP contribution >= 0.6 is 0 Å². The zero-order valence-corrected chi connectivity index (χ0v) is 23.2. The van der Waals surface area contributed by atoms with Crippen molar-refractivity contribution in [3.63, 3.8) is 0 Å². The topological polar surface area (TPSA) is 77.3 Å². The van der Waals surface area contributed by atoms with E-state index < -0.39 is 0 Å². The van der Waals surface area contributed by atoms with Crippen LogP contribution in [0.15, 0.2) is 146 Å². The van der Waals surface area contributed by atoms with E-state index in [0.29, 0.717) is 0 Å². The van der Waals surface area contributed by atoms with Gasteiger partial charge in [-0.1, -0.05) is 36.4 Å². The van der Waals surface area contributed by atoms with Crippen molar-refractivity contribution in [3.8, 4) is 34.2 Å². The van der Waals surface area contributed by atoms with E-state index in [9.17, 15) is 0 Å². The van der Waals surface area contributed by atoms with Gasteiger partial charge in [0.1, 0.15) is 0 Å². The van der Waals surface area contributed by atoms with Gasteiger partial charge < -0.3 is 0 Å². The predicted octanol–water partition coefficient (Wildman–Crippen LogP) is 6.43. The van der Waals surface area contributed by atoms with Gasteiger partial charge >= 0.3 is 0 Å². The zero-order chi connectivity index (χ0) is 24.7. The molecule has 37 heavy (non-hydrogen) atoms. The maximum absolute atomic E-state index is 4.19. The van der Waals surface area contributed by atoms with Crippen molar-refractivity contribution in [1.82, 2.24) is 29.9 Å². The van der Waals surface area contributed by atoms with Gasteiger partial charge in [-0.05, 0) is 72.8 Å². The van der Waals surface area contributed by atoms with Crippen LogP contribution in [0.2, 0.25) is 0 Å². The van der Waals surface area contributed by atoms with Crippen LogP contribution in [0.3, 0.4) is 0 Å². The molecule has 176 valence electrons. The number of hydrogen-bond donors (Lipinski definition) is 0. The maximum Gasteiger partial charge on any atom is 0.0886 e. The van der Waals surface area contributed by atoms with Gasteiger partial charge in [-0.25, -0.2) is 0 Å². The molecular formula is C30H24N6Zn. The Kier molecular flexibility index (Phi) is 11.4. The monoisotopic (exact) mass is 532 g/mol. The fraction of sp³-hybridized carbons (Fsp3) is 0. The summed E-state index contributed by atoms with van der Waals surface area (Å²) in [4.78, 5) is 25.1. The van der Waals surface area contributed by atoms with E-state index in [1.807, 2.05) is 109 Å². The number of pyridine rings is 6. The van der Waals surface area contributed by atoms with Crippen molar-refractivity contribution < 1.29 is 19.5 Å². The first-order valence-corrected chi connectivity index (χ1v) is 11.4. The summed E-state index contributed by atoms with van der Waals surface area (Å²) in [5.74, 6) is 0. The molecule has 6 nitrogen and oxygen atoms in total. The molecule has 0 N–H and O–H groups in total. The zero-order valence-electron chi connectivity index (χ0n) is 20.2. The smallest absolute Gasteiger partial charge is 0.0886 e. The van der Waals surface area contributed by atoms with Crippen molar-refractivity contribution in [3.05, 3.63) is 146 Å². The third kappa shape index (κ3) is 8.91. The summed E-state index contributed by atoms with van der Waals surface area (Å²) in [5, 5.41) is 0. The van der Waals surface area contributed by atoms with Crippen molar-refractivity contribution in [2.24, 2.45) is 0 Å². The van der Waals surface area contributed by atoms with E-state index in [4.69, 9.17) is 0 Å². The Bertz CT molecular complexity index is 1100. The molecule has 0 aliphatic heterocycles. The minimum Gasteiger partial charge on any atom is -0.255 e. The van der Waals surface area contributed by atoms with Crippen LogP contribution in [-0.2, 0) is 19.5 Å². The number of rotatable bonds is 3. The van der Waals surface area contributed by atoms with E-state index in [1.54, 1.807) is 37.2 Å². The molecule has 0 fully saturated rings. The van der Waals surface area contributed by atoms with E-state index in [2.05, 4.69) is 29.9 Å². The van der Waals surface area contributed by atoms with Crippen molar-refractivity contribution >= 4 is 0 Å². The molecule has 0 amide bonds. The number of aromatic nitrogens is 6. The molecule has 0 aliphatic carbocycles. The summed E-state index contributed by atoms with van der Waals surface area (Å²) in [6.07, 6.45) is 10.6. The van der Waals surface area contributed by atoms with Gasteiger partial charge in [0.05, 0.1) is 34.2 Å². The van der Waals surface area contributed by atoms with Gasteiger partial charge in [0.15, 0.2) is 0 Å². The van der Waals surface area contributed by atoms with E-state index >= 15 is 0 Å². The van der Waals surface area contributed by atoms with Crippen LogP contribution in [0, 0.1) is 0 Å². The molecule has 6 aromatic heterocycles. The molecule has 0 atom stereocenters. The normalized spacial score (nSPS) is 9.41. The van der Waals surface area contributed by atoms with Crippen molar-refractivity contribution in [2.75, 3.05) is 0 Å². The molecule has 0 spiro atoms. The molecule has 0 radical (unpaired) electrons. The van der Waals surface area contributed by atoms with Gasteiger partial charge in [-0.2, -0.15) is 0 Å². The van der Waals surface area contributed by atoms with Gasteiger partial charge in [0, 0.05) is 56.7 Å². The van der Waals surface area contributed by atoms with Crippen LogP contribution in [0.5, 0.6) is 0 Å². The van der Waals surface area contributed by atoms with E-state index in [0.717, 1.165) is 34.2 Å². The molecule has 6 aromatic rings. The molecule has 6 heterocycles. The maximum atomic E-state index is 4.19. The fourth-order valence-electron chi connectivity index (χ4n) is 3.09. The Morgan fingerprint density at radius 2 is 0.405 bits per heavy atom. The molecule has 0 aliphatic rings. The number of nitrogens with zero attached hydrogens (tertiary/aromatic N) is 6. The summed E-state index contributed by atoms with van der Waals surface area (Å²) >= 11 is 0. The second kappa shape index (κ2) is 15.5. The van der Waals surface area contributed by atoms with Gasteiger partial charge in [0.25, 0.3) is 0 Å². The van der Waals surface area contributed by atoms with E-state index in [1.165, 1.54) is 0 Å². The minimum atomic E-state index is 0. The first-order valence-electron chi connectivity index (χ1n) is 11.4. The Balaban J connectivity index is 0.000000152. The van der Waals surface area contributed by atoms with Crippen LogP contribution in [0.1, 0.15) is 0 Å². The third-order valence-electron chi connectivity index (χ3n) is 4.78. The standard InChI is InChI=1S/3C10H8N2.Zn/c3*1-3-7-11-9(5-1)10-6-2-4-8-12-10;/h3*1-8H;. The summed E-state index contributed by atoms with van der Waals surface area (Å²) in [5.41, 5.74) is 5.49. The average Bonchev–Trinajstić information content (AvgIpc) is 3.01. The molecule has 0 saturated carbocycles. The third-order valence-corrected chi connectivity index (χ3v) is 4.78. The first kappa shape index (κ1) is 27.1. The molecule has 0 aromatic carbocycles. The molecule has 0 unspecified atom stereocenters. The molecule has 0 saturated heterocycles. The molecule has 6 rings (SSSR count). The Labute approximate surface area is 229 Å². The second-order valence-corrected chi connectivity index (χ2v) is 7.29. The van der Waals surface area contributed by atoms with Gasteiger partial charge in [-0.15, -0.1) is 0 Å². The predicted molar refractivity (Wildman–Crippen MR) is 142 cm³/mol. The van der Waals surface area contributed by atoms with Crippen LogP contribution in [-0.4, -0.2) is 29.9 Å². The summed E-state index contributed by atoms with van der Waals surface area (Å²) < 4.78 is 0. The second-order valence-electron chi connectivity index (χ2n) is 7.29. The molecule has 7 heteroatoms. The van der Waals surface area contributed by atoms with Gasteiger partial charge in [0.2, 0.25) is 0 Å². The Hall–Kier alpha value is -4.48. The van der Waals surface area contributed by atoms with E-state index in [-0.39, 0.29) is 19.5 Å². The van der Waals surface area contributed by atoms with Crippen LogP contribution in [0.4, 0.5) is 0 Å². The number of hydrogen-bond acceptors (Lipinski definition) is 6. The van der Waals surface area contributed by atoms with Crippen molar-refractivity contribution in [2.45, 2.75) is 0 Å². The summed E-state index contributed by atoms with van der Waals surface area (Å²) in [6, 6.07) is 34.8. The fourth-order valence-corrected chi connectivity index (χ4v) is 3.09. The Morgan fingerprint density at radius 1 is 0.243 bits per heavy atom. The largest absolute Gasteiger partial charge is 0.255 e.